The Labute approximate surface area is 121 Å². The fourth-order valence-electron chi connectivity index (χ4n) is 1.52. The molecule has 2 aromatic heterocycles. The number of hydrogen-bond acceptors (Lipinski definition) is 4. The van der Waals surface area contributed by atoms with Crippen molar-refractivity contribution in [1.29, 1.82) is 0 Å². The van der Waals surface area contributed by atoms with Crippen molar-refractivity contribution in [3.05, 3.63) is 40.7 Å². The number of amides is 1. The fraction of sp³-hybridized carbons (Fsp3) is 0.273. The maximum Gasteiger partial charge on any atom is 0.417 e. The van der Waals surface area contributed by atoms with Crippen LogP contribution in [0, 0.1) is 0 Å². The van der Waals surface area contributed by atoms with Crippen LogP contribution >= 0.6 is 11.6 Å². The first-order valence-electron chi connectivity index (χ1n) is 5.68. The summed E-state index contributed by atoms with van der Waals surface area (Å²) in [4.78, 5) is 19.2. The van der Waals surface area contributed by atoms with Crippen molar-refractivity contribution in [2.75, 3.05) is 0 Å². The number of carbonyl (C=O) groups is 1. The molecular weight excluding hydrogens is 311 g/mol. The van der Waals surface area contributed by atoms with Gasteiger partial charge in [0.25, 0.3) is 5.91 Å². The molecule has 0 bridgehead atoms. The summed E-state index contributed by atoms with van der Waals surface area (Å²) < 4.78 is 37.4. The predicted molar refractivity (Wildman–Crippen MR) is 66.5 cm³/mol. The van der Waals surface area contributed by atoms with E-state index in [1.165, 1.54) is 6.33 Å². The summed E-state index contributed by atoms with van der Waals surface area (Å²) in [7, 11) is 0. The number of rotatable bonds is 3. The van der Waals surface area contributed by atoms with Crippen molar-refractivity contribution in [3.8, 4) is 0 Å². The summed E-state index contributed by atoms with van der Waals surface area (Å²) in [6.45, 7) is 1.62. The second-order valence-electron chi connectivity index (χ2n) is 4.12. The van der Waals surface area contributed by atoms with Gasteiger partial charge >= 0.3 is 6.18 Å². The van der Waals surface area contributed by atoms with Crippen molar-refractivity contribution in [3.63, 3.8) is 0 Å². The van der Waals surface area contributed by atoms with Gasteiger partial charge in [0.05, 0.1) is 16.6 Å². The molecule has 0 radical (unpaired) electrons. The quantitative estimate of drug-likeness (QED) is 0.909. The Morgan fingerprint density at radius 3 is 2.67 bits per heavy atom. The van der Waals surface area contributed by atoms with Crippen LogP contribution < -0.4 is 5.32 Å². The van der Waals surface area contributed by atoms with E-state index in [1.807, 2.05) is 0 Å². The van der Waals surface area contributed by atoms with E-state index in [-0.39, 0.29) is 10.7 Å². The zero-order valence-electron chi connectivity index (χ0n) is 10.6. The van der Waals surface area contributed by atoms with E-state index in [0.717, 1.165) is 0 Å². The fourth-order valence-corrected chi connectivity index (χ4v) is 1.77. The molecule has 0 aromatic carbocycles. The van der Waals surface area contributed by atoms with Gasteiger partial charge in [-0.2, -0.15) is 18.3 Å². The minimum absolute atomic E-state index is 0.295. The van der Waals surface area contributed by atoms with Crippen LogP contribution in [0.4, 0.5) is 13.2 Å². The molecule has 0 saturated carbocycles. The molecule has 0 saturated heterocycles. The number of alkyl halides is 3. The lowest BCUT2D eigenvalue weighted by atomic mass is 10.2. The van der Waals surface area contributed by atoms with Crippen LogP contribution in [0.3, 0.4) is 0 Å². The molecule has 10 heteroatoms. The highest BCUT2D eigenvalue weighted by molar-refractivity contribution is 6.33. The molecule has 1 atom stereocenters. The molecule has 0 fully saturated rings. The Hall–Kier alpha value is -2.16. The Bertz CT molecular complexity index is 644. The normalized spacial score (nSPS) is 13.0. The summed E-state index contributed by atoms with van der Waals surface area (Å²) in [6.07, 6.45) is -2.75. The van der Waals surface area contributed by atoms with Gasteiger partial charge in [0, 0.05) is 6.20 Å². The molecule has 2 aromatic rings. The summed E-state index contributed by atoms with van der Waals surface area (Å²) in [5.74, 6) is -0.316. The highest BCUT2D eigenvalue weighted by atomic mass is 35.5. The van der Waals surface area contributed by atoms with E-state index in [0.29, 0.717) is 18.1 Å². The third kappa shape index (κ3) is 3.48. The number of hydrogen-bond donors (Lipinski definition) is 2. The van der Waals surface area contributed by atoms with Crippen LogP contribution in [-0.2, 0) is 6.18 Å². The second-order valence-corrected chi connectivity index (χ2v) is 4.53. The van der Waals surface area contributed by atoms with Crippen molar-refractivity contribution >= 4 is 17.5 Å². The van der Waals surface area contributed by atoms with Gasteiger partial charge in [-0.05, 0) is 13.0 Å². The molecule has 2 rings (SSSR count). The molecule has 21 heavy (non-hydrogen) atoms. The molecule has 0 aliphatic heterocycles. The van der Waals surface area contributed by atoms with E-state index in [9.17, 15) is 18.0 Å². The molecule has 6 nitrogen and oxygen atoms in total. The molecule has 1 amide bonds. The zero-order valence-corrected chi connectivity index (χ0v) is 11.3. The SMILES string of the molecule is CC(NC(=O)c1ncc(C(F)(F)F)cc1Cl)c1ncn[nH]1. The van der Waals surface area contributed by atoms with Gasteiger partial charge in [0.15, 0.2) is 0 Å². The highest BCUT2D eigenvalue weighted by Gasteiger charge is 2.32. The first-order chi connectivity index (χ1) is 9.79. The van der Waals surface area contributed by atoms with E-state index < -0.39 is 23.7 Å². The van der Waals surface area contributed by atoms with Gasteiger partial charge in [0.2, 0.25) is 0 Å². The second kappa shape index (κ2) is 5.68. The summed E-state index contributed by atoms with van der Waals surface area (Å²) in [5, 5.41) is 8.30. The van der Waals surface area contributed by atoms with Crippen molar-refractivity contribution in [2.45, 2.75) is 19.1 Å². The lowest BCUT2D eigenvalue weighted by Gasteiger charge is -2.12. The standard InChI is InChI=1S/C11H9ClF3N5O/c1-5(9-17-4-18-20-9)19-10(21)8-7(12)2-6(3-16-8)11(13,14)15/h2-5H,1H3,(H,19,21)(H,17,18,20). The predicted octanol–water partition coefficient (Wildman–Crippen LogP) is 2.36. The maximum absolute atomic E-state index is 12.5. The Morgan fingerprint density at radius 1 is 1.43 bits per heavy atom. The number of carbonyl (C=O) groups excluding carboxylic acids is 1. The van der Waals surface area contributed by atoms with Crippen LogP contribution in [0.1, 0.15) is 34.8 Å². The third-order valence-corrected chi connectivity index (χ3v) is 2.86. The number of halogens is 4. The molecule has 0 spiro atoms. The van der Waals surface area contributed by atoms with Gasteiger partial charge in [-0.15, -0.1) is 0 Å². The monoisotopic (exact) mass is 319 g/mol. The molecule has 1 unspecified atom stereocenters. The number of aromatic amines is 1. The molecular formula is C11H9ClF3N5O. The highest BCUT2D eigenvalue weighted by Crippen LogP contribution is 2.31. The first-order valence-corrected chi connectivity index (χ1v) is 6.05. The van der Waals surface area contributed by atoms with Crippen LogP contribution in [0.2, 0.25) is 5.02 Å². The van der Waals surface area contributed by atoms with Crippen molar-refractivity contribution < 1.29 is 18.0 Å². The van der Waals surface area contributed by atoms with Crippen LogP contribution in [0.5, 0.6) is 0 Å². The van der Waals surface area contributed by atoms with E-state index in [4.69, 9.17) is 11.6 Å². The summed E-state index contributed by atoms with van der Waals surface area (Å²) in [5.41, 5.74) is -1.32. The number of H-pyrrole nitrogens is 1. The zero-order chi connectivity index (χ0) is 15.6. The molecule has 0 aliphatic carbocycles. The average Bonchev–Trinajstić information content (AvgIpc) is 2.91. The lowest BCUT2D eigenvalue weighted by molar-refractivity contribution is -0.137. The Morgan fingerprint density at radius 2 is 2.14 bits per heavy atom. The number of nitrogens with one attached hydrogen (secondary N) is 2. The van der Waals surface area contributed by atoms with Crippen LogP contribution in [0.25, 0.3) is 0 Å². The molecule has 2 N–H and O–H groups in total. The Kier molecular flexibility index (Phi) is 4.12. The lowest BCUT2D eigenvalue weighted by Crippen LogP contribution is -2.28. The largest absolute Gasteiger partial charge is 0.417 e. The van der Waals surface area contributed by atoms with Crippen molar-refractivity contribution in [2.24, 2.45) is 0 Å². The van der Waals surface area contributed by atoms with Gasteiger partial charge in [-0.3, -0.25) is 9.89 Å². The maximum atomic E-state index is 12.5. The summed E-state index contributed by atoms with van der Waals surface area (Å²) in [6, 6.07) is 0.128. The van der Waals surface area contributed by atoms with E-state index in [2.05, 4.69) is 25.5 Å². The Balaban J connectivity index is 2.16. The van der Waals surface area contributed by atoms with Crippen LogP contribution in [0.15, 0.2) is 18.6 Å². The van der Waals surface area contributed by atoms with Gasteiger partial charge in [-0.1, -0.05) is 11.6 Å². The topological polar surface area (TPSA) is 83.6 Å². The number of nitrogens with zero attached hydrogens (tertiary/aromatic N) is 3. The smallest absolute Gasteiger partial charge is 0.341 e. The molecule has 2 heterocycles. The number of pyridine rings is 1. The van der Waals surface area contributed by atoms with Crippen molar-refractivity contribution in [1.82, 2.24) is 25.5 Å². The third-order valence-electron chi connectivity index (χ3n) is 2.57. The van der Waals surface area contributed by atoms with Gasteiger partial charge in [0.1, 0.15) is 17.8 Å². The van der Waals surface area contributed by atoms with Crippen LogP contribution in [-0.4, -0.2) is 26.1 Å². The van der Waals surface area contributed by atoms with E-state index in [1.54, 1.807) is 6.92 Å². The molecule has 112 valence electrons. The molecule has 0 aliphatic rings. The van der Waals surface area contributed by atoms with Gasteiger partial charge in [-0.25, -0.2) is 9.97 Å². The minimum atomic E-state index is -4.57. The average molecular weight is 320 g/mol. The van der Waals surface area contributed by atoms with Gasteiger partial charge < -0.3 is 5.32 Å². The summed E-state index contributed by atoms with van der Waals surface area (Å²) >= 11 is 5.68. The first kappa shape index (κ1) is 15.2. The minimum Gasteiger partial charge on any atom is -0.341 e. The van der Waals surface area contributed by atoms with E-state index >= 15 is 0 Å². The number of aromatic nitrogens is 4.